The van der Waals surface area contributed by atoms with Gasteiger partial charge in [-0.2, -0.15) is 15.8 Å². The van der Waals surface area contributed by atoms with E-state index in [4.69, 9.17) is 15.8 Å². The number of allylic oxidation sites excluding steroid dienone is 2. The third kappa shape index (κ3) is 3.13. The van der Waals surface area contributed by atoms with Crippen LogP contribution in [-0.4, -0.2) is 13.1 Å². The lowest BCUT2D eigenvalue weighted by Crippen LogP contribution is -2.06. The third-order valence-electron chi connectivity index (χ3n) is 2.50. The highest BCUT2D eigenvalue weighted by atomic mass is 16.5. The molecule has 0 radical (unpaired) electrons. The van der Waals surface area contributed by atoms with Crippen LogP contribution in [0.4, 0.5) is 5.69 Å². The normalized spacial score (nSPS) is 8.55. The number of ether oxygens (including phenoxy) is 1. The van der Waals surface area contributed by atoms with Crippen molar-refractivity contribution in [3.05, 3.63) is 40.6 Å². The number of hydrogen-bond acceptors (Lipinski definition) is 6. The Hall–Kier alpha value is -3.30. The Bertz CT molecular complexity index is 683. The first-order chi connectivity index (χ1) is 9.57. The fraction of sp³-hybridized carbons (Fsp3) is 0.143. The van der Waals surface area contributed by atoms with Crippen molar-refractivity contribution in [2.45, 2.75) is 6.92 Å². The van der Waals surface area contributed by atoms with Crippen molar-refractivity contribution in [3.8, 4) is 18.2 Å². The van der Waals surface area contributed by atoms with Crippen LogP contribution in [-0.2, 0) is 4.74 Å². The first-order valence-corrected chi connectivity index (χ1v) is 5.48. The van der Waals surface area contributed by atoms with E-state index in [1.54, 1.807) is 37.3 Å². The van der Waals surface area contributed by atoms with Crippen molar-refractivity contribution in [2.24, 2.45) is 0 Å². The van der Waals surface area contributed by atoms with Gasteiger partial charge in [0, 0.05) is 5.69 Å². The molecular weight excluding hydrogens is 256 g/mol. The average Bonchev–Trinajstić information content (AvgIpc) is 2.48. The van der Waals surface area contributed by atoms with Gasteiger partial charge in [-0.15, -0.1) is 0 Å². The van der Waals surface area contributed by atoms with Crippen molar-refractivity contribution < 1.29 is 9.53 Å². The fourth-order valence-corrected chi connectivity index (χ4v) is 1.42. The van der Waals surface area contributed by atoms with Crippen molar-refractivity contribution in [2.75, 3.05) is 12.4 Å². The summed E-state index contributed by atoms with van der Waals surface area (Å²) in [5.74, 6) is -0.517. The number of benzene rings is 1. The van der Waals surface area contributed by atoms with Gasteiger partial charge in [0.15, 0.2) is 5.57 Å². The molecule has 0 heterocycles. The molecule has 0 atom stereocenters. The van der Waals surface area contributed by atoms with Crippen LogP contribution in [0.3, 0.4) is 0 Å². The van der Waals surface area contributed by atoms with Gasteiger partial charge in [0.25, 0.3) is 0 Å². The molecule has 1 rings (SSSR count). The number of carbonyl (C=O) groups excluding carboxylic acids is 1. The van der Waals surface area contributed by atoms with Gasteiger partial charge >= 0.3 is 5.97 Å². The van der Waals surface area contributed by atoms with Gasteiger partial charge in [-0.3, -0.25) is 0 Å². The molecule has 0 unspecified atom stereocenters. The highest BCUT2D eigenvalue weighted by Crippen LogP contribution is 2.20. The fourth-order valence-electron chi connectivity index (χ4n) is 1.42. The van der Waals surface area contributed by atoms with Gasteiger partial charge in [0.1, 0.15) is 23.9 Å². The molecule has 0 bridgehead atoms. The van der Waals surface area contributed by atoms with Crippen LogP contribution < -0.4 is 5.32 Å². The zero-order chi connectivity index (χ0) is 15.1. The van der Waals surface area contributed by atoms with Gasteiger partial charge in [-0.25, -0.2) is 4.79 Å². The van der Waals surface area contributed by atoms with Gasteiger partial charge < -0.3 is 10.1 Å². The molecule has 0 fully saturated rings. The number of nitrogens with zero attached hydrogens (tertiary/aromatic N) is 3. The van der Waals surface area contributed by atoms with Crippen molar-refractivity contribution >= 4 is 11.7 Å². The molecule has 98 valence electrons. The summed E-state index contributed by atoms with van der Waals surface area (Å²) < 4.78 is 4.60. The quantitative estimate of drug-likeness (QED) is 0.662. The van der Waals surface area contributed by atoms with E-state index in [2.05, 4.69) is 10.1 Å². The summed E-state index contributed by atoms with van der Waals surface area (Å²) in [7, 11) is 1.26. The van der Waals surface area contributed by atoms with Gasteiger partial charge in [0.2, 0.25) is 0 Å². The zero-order valence-corrected chi connectivity index (χ0v) is 10.9. The van der Waals surface area contributed by atoms with Crippen molar-refractivity contribution in [1.82, 2.24) is 0 Å². The van der Waals surface area contributed by atoms with Crippen LogP contribution in [0.2, 0.25) is 0 Å². The molecule has 0 aromatic heterocycles. The maximum atomic E-state index is 11.4. The summed E-state index contributed by atoms with van der Waals surface area (Å²) in [6, 6.07) is 9.76. The van der Waals surface area contributed by atoms with E-state index in [0.29, 0.717) is 11.3 Å². The van der Waals surface area contributed by atoms with E-state index in [9.17, 15) is 4.79 Å². The summed E-state index contributed by atoms with van der Waals surface area (Å²) in [5.41, 5.74) is 1.01. The number of aryl methyl sites for hydroxylation is 1. The minimum atomic E-state index is -0.517. The Morgan fingerprint density at radius 3 is 2.35 bits per heavy atom. The van der Waals surface area contributed by atoms with E-state index in [1.165, 1.54) is 13.2 Å². The summed E-state index contributed by atoms with van der Waals surface area (Å²) in [6.07, 6.45) is 0. The average molecular weight is 266 g/mol. The smallest absolute Gasteiger partial charge is 0.337 e. The molecule has 20 heavy (non-hydrogen) atoms. The van der Waals surface area contributed by atoms with Crippen LogP contribution in [0, 0.1) is 40.9 Å². The summed E-state index contributed by atoms with van der Waals surface area (Å²) in [4.78, 5) is 11.4. The number of carbonyl (C=O) groups is 1. The minimum absolute atomic E-state index is 0.167. The predicted octanol–water partition coefficient (Wildman–Crippen LogP) is 2.02. The first kappa shape index (κ1) is 14.8. The molecular formula is C14H10N4O2. The highest BCUT2D eigenvalue weighted by molar-refractivity contribution is 5.91. The van der Waals surface area contributed by atoms with Gasteiger partial charge in [0.05, 0.1) is 12.7 Å². The number of hydrogen-bond donors (Lipinski definition) is 1. The summed E-state index contributed by atoms with van der Waals surface area (Å²) in [5, 5.41) is 29.2. The number of esters is 1. The predicted molar refractivity (Wildman–Crippen MR) is 70.0 cm³/mol. The molecule has 1 N–H and O–H groups in total. The van der Waals surface area contributed by atoms with E-state index in [-0.39, 0.29) is 11.3 Å². The maximum Gasteiger partial charge on any atom is 0.337 e. The van der Waals surface area contributed by atoms with E-state index >= 15 is 0 Å². The molecule has 6 heteroatoms. The Morgan fingerprint density at radius 2 is 1.85 bits per heavy atom. The Morgan fingerprint density at radius 1 is 1.20 bits per heavy atom. The molecule has 0 saturated carbocycles. The van der Waals surface area contributed by atoms with Crippen molar-refractivity contribution in [1.29, 1.82) is 15.8 Å². The number of nitriles is 3. The molecule has 0 aliphatic rings. The molecule has 0 saturated heterocycles. The number of anilines is 1. The second kappa shape index (κ2) is 6.58. The largest absolute Gasteiger partial charge is 0.465 e. The van der Waals surface area contributed by atoms with Gasteiger partial charge in [-0.1, -0.05) is 6.07 Å². The molecule has 6 nitrogen and oxygen atoms in total. The second-order valence-electron chi connectivity index (χ2n) is 3.73. The van der Waals surface area contributed by atoms with Crippen LogP contribution in [0.1, 0.15) is 15.9 Å². The molecule has 0 spiro atoms. The van der Waals surface area contributed by atoms with E-state index in [0.717, 1.165) is 5.56 Å². The van der Waals surface area contributed by atoms with E-state index < -0.39 is 5.97 Å². The molecule has 1 aromatic carbocycles. The van der Waals surface area contributed by atoms with Crippen LogP contribution in [0.5, 0.6) is 0 Å². The van der Waals surface area contributed by atoms with Gasteiger partial charge in [-0.05, 0) is 24.6 Å². The molecule has 1 aromatic rings. The van der Waals surface area contributed by atoms with Crippen LogP contribution in [0.25, 0.3) is 0 Å². The number of methoxy groups -OCH3 is 1. The van der Waals surface area contributed by atoms with Crippen molar-refractivity contribution in [3.63, 3.8) is 0 Å². The standard InChI is InChI=1S/C14H10N4O2/c1-9-3-4-10(14(19)20-2)5-12(9)18-13(8-17)11(6-15)7-16/h3-5,18H,1-2H3. The molecule has 0 aliphatic carbocycles. The van der Waals surface area contributed by atoms with Crippen LogP contribution in [0.15, 0.2) is 29.5 Å². The minimum Gasteiger partial charge on any atom is -0.465 e. The lowest BCUT2D eigenvalue weighted by Gasteiger charge is -2.09. The lowest BCUT2D eigenvalue weighted by atomic mass is 10.1. The third-order valence-corrected chi connectivity index (χ3v) is 2.50. The lowest BCUT2D eigenvalue weighted by molar-refractivity contribution is 0.0601. The maximum absolute atomic E-state index is 11.4. The Balaban J connectivity index is 3.26. The first-order valence-electron chi connectivity index (χ1n) is 5.48. The highest BCUT2D eigenvalue weighted by Gasteiger charge is 2.11. The van der Waals surface area contributed by atoms with E-state index in [1.807, 2.05) is 0 Å². The summed E-state index contributed by atoms with van der Waals surface area (Å²) >= 11 is 0. The zero-order valence-electron chi connectivity index (χ0n) is 10.9. The monoisotopic (exact) mass is 266 g/mol. The second-order valence-corrected chi connectivity index (χ2v) is 3.73. The molecule has 0 amide bonds. The SMILES string of the molecule is COC(=O)c1ccc(C)c(NC(C#N)=C(C#N)C#N)c1. The topological polar surface area (TPSA) is 110 Å². The number of nitrogens with one attached hydrogen (secondary N) is 1. The Kier molecular flexibility index (Phi) is 4.86. The van der Waals surface area contributed by atoms with Crippen LogP contribution >= 0.6 is 0 Å². The Labute approximate surface area is 116 Å². The number of rotatable bonds is 3. The summed E-state index contributed by atoms with van der Waals surface area (Å²) in [6.45, 7) is 1.76. The molecule has 0 aliphatic heterocycles.